The molecule has 3 N–H and O–H groups in total. The van der Waals surface area contributed by atoms with Gasteiger partial charge in [0.1, 0.15) is 0 Å². The van der Waals surface area contributed by atoms with Crippen molar-refractivity contribution in [3.63, 3.8) is 0 Å². The SMILES string of the molecule is Cc1cc(N)c(NS(C)(=O)=O)cc1N(C)C.Cl.Cl. The average molecular weight is 316 g/mol. The number of nitrogen functional groups attached to an aromatic ring is 1. The Morgan fingerprint density at radius 3 is 2.11 bits per heavy atom. The average Bonchev–Trinajstić information content (AvgIpc) is 2.07. The minimum atomic E-state index is -3.30. The maximum Gasteiger partial charge on any atom is 0.229 e. The van der Waals surface area contributed by atoms with Crippen LogP contribution in [0.15, 0.2) is 12.1 Å². The molecule has 0 bridgehead atoms. The van der Waals surface area contributed by atoms with Gasteiger partial charge in [0.2, 0.25) is 10.0 Å². The molecule has 0 heterocycles. The van der Waals surface area contributed by atoms with Crippen LogP contribution in [0.25, 0.3) is 0 Å². The lowest BCUT2D eigenvalue weighted by Gasteiger charge is -2.18. The van der Waals surface area contributed by atoms with Crippen molar-refractivity contribution in [3.05, 3.63) is 17.7 Å². The highest BCUT2D eigenvalue weighted by Crippen LogP contribution is 2.29. The summed E-state index contributed by atoms with van der Waals surface area (Å²) in [6.45, 7) is 1.93. The molecular weight excluding hydrogens is 297 g/mol. The zero-order valence-electron chi connectivity index (χ0n) is 10.7. The van der Waals surface area contributed by atoms with Crippen LogP contribution in [0.2, 0.25) is 0 Å². The second-order valence-electron chi connectivity index (χ2n) is 3.99. The molecule has 0 atom stereocenters. The molecule has 1 aromatic rings. The van der Waals surface area contributed by atoms with Gasteiger partial charge in [-0.05, 0) is 24.6 Å². The standard InChI is InChI=1S/C10H17N3O2S.2ClH/c1-7-5-8(11)9(12-16(4,14)15)6-10(7)13(2)3;;/h5-6,12H,11H2,1-4H3;2*1H. The summed E-state index contributed by atoms with van der Waals surface area (Å²) in [6.07, 6.45) is 1.10. The maximum absolute atomic E-state index is 11.1. The Morgan fingerprint density at radius 2 is 1.72 bits per heavy atom. The van der Waals surface area contributed by atoms with Gasteiger partial charge in [-0.25, -0.2) is 8.42 Å². The molecular formula is C10H19Cl2N3O2S. The van der Waals surface area contributed by atoms with Crippen LogP contribution in [0.1, 0.15) is 5.56 Å². The van der Waals surface area contributed by atoms with E-state index in [9.17, 15) is 8.42 Å². The molecule has 0 aliphatic heterocycles. The van der Waals surface area contributed by atoms with Crippen molar-refractivity contribution >= 4 is 51.9 Å². The van der Waals surface area contributed by atoms with Crippen LogP contribution >= 0.6 is 24.8 Å². The largest absolute Gasteiger partial charge is 0.397 e. The number of sulfonamides is 1. The molecule has 0 aromatic heterocycles. The number of nitrogens with two attached hydrogens (primary N) is 1. The molecule has 0 aliphatic carbocycles. The minimum absolute atomic E-state index is 0. The number of nitrogens with zero attached hydrogens (tertiary/aromatic N) is 1. The van der Waals surface area contributed by atoms with Crippen molar-refractivity contribution in [2.24, 2.45) is 0 Å². The summed E-state index contributed by atoms with van der Waals surface area (Å²) in [4.78, 5) is 1.90. The summed E-state index contributed by atoms with van der Waals surface area (Å²) in [6, 6.07) is 3.48. The quantitative estimate of drug-likeness (QED) is 0.835. The van der Waals surface area contributed by atoms with Gasteiger partial charge in [-0.2, -0.15) is 0 Å². The van der Waals surface area contributed by atoms with Gasteiger partial charge < -0.3 is 10.6 Å². The Hall–Kier alpha value is -0.850. The number of hydrogen-bond donors (Lipinski definition) is 2. The molecule has 8 heteroatoms. The Labute approximate surface area is 121 Å². The number of nitrogens with one attached hydrogen (secondary N) is 1. The molecule has 1 aromatic carbocycles. The number of hydrogen-bond acceptors (Lipinski definition) is 4. The summed E-state index contributed by atoms with van der Waals surface area (Å²) in [5, 5.41) is 0. The first kappa shape index (κ1) is 19.5. The molecule has 0 spiro atoms. The molecule has 0 fully saturated rings. The lowest BCUT2D eigenvalue weighted by Crippen LogP contribution is -2.14. The lowest BCUT2D eigenvalue weighted by molar-refractivity contribution is 0.607. The van der Waals surface area contributed by atoms with E-state index in [0.717, 1.165) is 17.5 Å². The lowest BCUT2D eigenvalue weighted by atomic mass is 10.1. The molecule has 0 unspecified atom stereocenters. The molecule has 5 nitrogen and oxygen atoms in total. The second kappa shape index (κ2) is 6.92. The van der Waals surface area contributed by atoms with Crippen molar-refractivity contribution in [3.8, 4) is 0 Å². The van der Waals surface area contributed by atoms with E-state index in [1.807, 2.05) is 25.9 Å². The van der Waals surface area contributed by atoms with Gasteiger partial charge in [0, 0.05) is 19.8 Å². The fourth-order valence-electron chi connectivity index (χ4n) is 1.49. The topological polar surface area (TPSA) is 75.4 Å². The summed E-state index contributed by atoms with van der Waals surface area (Å²) in [5.74, 6) is 0. The summed E-state index contributed by atoms with van der Waals surface area (Å²) < 4.78 is 24.7. The highest BCUT2D eigenvalue weighted by atomic mass is 35.5. The van der Waals surface area contributed by atoms with Crippen molar-refractivity contribution in [1.29, 1.82) is 0 Å². The highest BCUT2D eigenvalue weighted by Gasteiger charge is 2.10. The van der Waals surface area contributed by atoms with Crippen molar-refractivity contribution < 1.29 is 8.42 Å². The van der Waals surface area contributed by atoms with Gasteiger partial charge >= 0.3 is 0 Å². The second-order valence-corrected chi connectivity index (χ2v) is 5.74. The first-order valence-corrected chi connectivity index (χ1v) is 6.65. The van der Waals surface area contributed by atoms with E-state index in [-0.39, 0.29) is 24.8 Å². The monoisotopic (exact) mass is 315 g/mol. The molecule has 106 valence electrons. The van der Waals surface area contributed by atoms with Crippen LogP contribution in [0, 0.1) is 6.92 Å². The van der Waals surface area contributed by atoms with Gasteiger partial charge in [0.15, 0.2) is 0 Å². The maximum atomic E-state index is 11.1. The van der Waals surface area contributed by atoms with Crippen LogP contribution < -0.4 is 15.4 Å². The highest BCUT2D eigenvalue weighted by molar-refractivity contribution is 7.92. The Balaban J connectivity index is 0. The third-order valence-corrected chi connectivity index (χ3v) is 2.74. The van der Waals surface area contributed by atoms with Crippen molar-refractivity contribution in [2.45, 2.75) is 6.92 Å². The fraction of sp³-hybridized carbons (Fsp3) is 0.400. The van der Waals surface area contributed by atoms with Gasteiger partial charge in [-0.15, -0.1) is 24.8 Å². The molecule has 0 aliphatic rings. The van der Waals surface area contributed by atoms with E-state index in [2.05, 4.69) is 4.72 Å². The van der Waals surface area contributed by atoms with Gasteiger partial charge in [-0.3, -0.25) is 4.72 Å². The Morgan fingerprint density at radius 1 is 1.22 bits per heavy atom. The Kier molecular flexibility index (Phi) is 7.49. The first-order chi connectivity index (χ1) is 7.20. The summed E-state index contributed by atoms with van der Waals surface area (Å²) in [5.41, 5.74) is 8.52. The van der Waals surface area contributed by atoms with Gasteiger partial charge in [0.05, 0.1) is 17.6 Å². The smallest absolute Gasteiger partial charge is 0.229 e. The van der Waals surface area contributed by atoms with Crippen LogP contribution in [0.4, 0.5) is 17.1 Å². The normalized spacial score (nSPS) is 10.0. The van der Waals surface area contributed by atoms with Crippen molar-refractivity contribution in [1.82, 2.24) is 0 Å². The molecule has 0 saturated heterocycles. The van der Waals surface area contributed by atoms with Crippen LogP contribution in [0.3, 0.4) is 0 Å². The first-order valence-electron chi connectivity index (χ1n) is 4.76. The third-order valence-electron chi connectivity index (χ3n) is 2.15. The number of rotatable bonds is 3. The number of benzene rings is 1. The van der Waals surface area contributed by atoms with Crippen LogP contribution in [-0.4, -0.2) is 28.8 Å². The van der Waals surface area contributed by atoms with E-state index >= 15 is 0 Å². The molecule has 0 radical (unpaired) electrons. The predicted molar refractivity (Wildman–Crippen MR) is 82.9 cm³/mol. The summed E-state index contributed by atoms with van der Waals surface area (Å²) >= 11 is 0. The number of aryl methyl sites for hydroxylation is 1. The van der Waals surface area contributed by atoms with Crippen molar-refractivity contribution in [2.75, 3.05) is 35.7 Å². The predicted octanol–water partition coefficient (Wildman–Crippen LogP) is 1.86. The van der Waals surface area contributed by atoms with E-state index < -0.39 is 10.0 Å². The fourth-order valence-corrected chi connectivity index (χ4v) is 2.07. The molecule has 0 amide bonds. The van der Waals surface area contributed by atoms with Crippen LogP contribution in [-0.2, 0) is 10.0 Å². The number of anilines is 3. The van der Waals surface area contributed by atoms with Crippen LogP contribution in [0.5, 0.6) is 0 Å². The molecule has 0 saturated carbocycles. The van der Waals surface area contributed by atoms with E-state index in [0.29, 0.717) is 11.4 Å². The van der Waals surface area contributed by atoms with Gasteiger partial charge in [0.25, 0.3) is 0 Å². The van der Waals surface area contributed by atoms with E-state index in [1.165, 1.54) is 0 Å². The molecule has 18 heavy (non-hydrogen) atoms. The third kappa shape index (κ3) is 5.20. The molecule has 1 rings (SSSR count). The minimum Gasteiger partial charge on any atom is -0.397 e. The van der Waals surface area contributed by atoms with E-state index in [1.54, 1.807) is 12.1 Å². The Bertz CT molecular complexity index is 504. The zero-order valence-corrected chi connectivity index (χ0v) is 13.2. The van der Waals surface area contributed by atoms with E-state index in [4.69, 9.17) is 5.73 Å². The zero-order chi connectivity index (χ0) is 12.5. The number of halogens is 2. The summed E-state index contributed by atoms with van der Waals surface area (Å²) in [7, 11) is 0.480. The van der Waals surface area contributed by atoms with Gasteiger partial charge in [-0.1, -0.05) is 0 Å².